The number of imidazole rings is 1. The Balaban J connectivity index is 1.43. The van der Waals surface area contributed by atoms with Crippen molar-refractivity contribution in [2.24, 2.45) is 10.7 Å². The van der Waals surface area contributed by atoms with Gasteiger partial charge in [0.1, 0.15) is 17.1 Å². The summed E-state index contributed by atoms with van der Waals surface area (Å²) < 4.78 is 7.88. The molecule has 0 saturated heterocycles. The number of nitrogens with zero attached hydrogens (tertiary/aromatic N) is 3. The summed E-state index contributed by atoms with van der Waals surface area (Å²) in [6, 6.07) is 23.2. The molecular weight excluding hydrogens is 350 g/mol. The number of nitrogens with one attached hydrogen (secondary N) is 1. The molecule has 3 N–H and O–H groups in total. The van der Waals surface area contributed by atoms with Crippen molar-refractivity contribution in [2.45, 2.75) is 13.5 Å². The first-order valence-electron chi connectivity index (χ1n) is 9.01. The molecule has 0 fully saturated rings. The van der Waals surface area contributed by atoms with Crippen LogP contribution in [0.4, 0.5) is 5.69 Å². The van der Waals surface area contributed by atoms with E-state index in [1.54, 1.807) is 0 Å². The molecule has 0 unspecified atom stereocenters. The monoisotopic (exact) mass is 371 g/mol. The molecule has 0 aliphatic carbocycles. The maximum Gasteiger partial charge on any atom is 0.193 e. The molecule has 4 rings (SSSR count). The molecule has 2 heterocycles. The molecule has 4 aromatic rings. The van der Waals surface area contributed by atoms with Crippen molar-refractivity contribution >= 4 is 17.3 Å². The molecule has 0 aliphatic heterocycles. The maximum absolute atomic E-state index is 6.04. The van der Waals surface area contributed by atoms with Crippen molar-refractivity contribution < 1.29 is 4.74 Å². The van der Waals surface area contributed by atoms with Crippen LogP contribution in [0.1, 0.15) is 11.4 Å². The Bertz CT molecular complexity index is 1120. The number of rotatable bonds is 5. The molecule has 0 amide bonds. The Hall–Kier alpha value is -3.80. The number of para-hydroxylation sites is 1. The Morgan fingerprint density at radius 3 is 2.64 bits per heavy atom. The average molecular weight is 371 g/mol. The molecule has 140 valence electrons. The van der Waals surface area contributed by atoms with Gasteiger partial charge in [0.2, 0.25) is 0 Å². The van der Waals surface area contributed by atoms with Crippen LogP contribution < -0.4 is 15.8 Å². The lowest BCUT2D eigenvalue weighted by molar-refractivity contribution is 0.483. The van der Waals surface area contributed by atoms with Gasteiger partial charge in [-0.3, -0.25) is 0 Å². The van der Waals surface area contributed by atoms with Crippen LogP contribution in [0.5, 0.6) is 11.5 Å². The number of anilines is 1. The van der Waals surface area contributed by atoms with E-state index in [1.165, 1.54) is 0 Å². The van der Waals surface area contributed by atoms with E-state index in [4.69, 9.17) is 10.5 Å². The highest BCUT2D eigenvalue weighted by atomic mass is 16.5. The summed E-state index contributed by atoms with van der Waals surface area (Å²) in [5, 5.41) is 3.10. The number of benzene rings is 2. The molecule has 28 heavy (non-hydrogen) atoms. The van der Waals surface area contributed by atoms with Crippen LogP contribution in [0, 0.1) is 6.92 Å². The minimum Gasteiger partial charge on any atom is -0.457 e. The fourth-order valence-corrected chi connectivity index (χ4v) is 2.89. The summed E-state index contributed by atoms with van der Waals surface area (Å²) in [6.45, 7) is 2.45. The van der Waals surface area contributed by atoms with E-state index < -0.39 is 0 Å². The van der Waals surface area contributed by atoms with Gasteiger partial charge in [-0.05, 0) is 43.3 Å². The van der Waals surface area contributed by atoms with Gasteiger partial charge in [0.15, 0.2) is 5.96 Å². The molecule has 0 bridgehead atoms. The van der Waals surface area contributed by atoms with E-state index in [0.29, 0.717) is 12.5 Å². The number of fused-ring (bicyclic) bond motifs is 1. The Kier molecular flexibility index (Phi) is 4.93. The Labute approximate surface area is 163 Å². The van der Waals surface area contributed by atoms with Gasteiger partial charge < -0.3 is 20.2 Å². The third-order valence-electron chi connectivity index (χ3n) is 4.24. The second kappa shape index (κ2) is 7.84. The van der Waals surface area contributed by atoms with E-state index in [0.717, 1.165) is 34.2 Å². The van der Waals surface area contributed by atoms with Crippen molar-refractivity contribution in [2.75, 3.05) is 5.32 Å². The van der Waals surface area contributed by atoms with Crippen LogP contribution in [0.3, 0.4) is 0 Å². The van der Waals surface area contributed by atoms with Crippen molar-refractivity contribution in [3.8, 4) is 11.5 Å². The van der Waals surface area contributed by atoms with Crippen molar-refractivity contribution in [1.29, 1.82) is 0 Å². The predicted octanol–water partition coefficient (Wildman–Crippen LogP) is 4.36. The zero-order valence-corrected chi connectivity index (χ0v) is 15.5. The molecule has 0 spiro atoms. The minimum atomic E-state index is 0.325. The third-order valence-corrected chi connectivity index (χ3v) is 4.24. The van der Waals surface area contributed by atoms with Crippen LogP contribution in [0.15, 0.2) is 84.0 Å². The van der Waals surface area contributed by atoms with Crippen LogP contribution in [0.2, 0.25) is 0 Å². The largest absolute Gasteiger partial charge is 0.457 e. The Morgan fingerprint density at radius 1 is 1.04 bits per heavy atom. The number of nitrogens with two attached hydrogens (primary N) is 1. The van der Waals surface area contributed by atoms with Gasteiger partial charge in [-0.1, -0.05) is 30.3 Å². The number of pyridine rings is 1. The first kappa shape index (κ1) is 17.6. The van der Waals surface area contributed by atoms with Gasteiger partial charge in [-0.15, -0.1) is 0 Å². The lowest BCUT2D eigenvalue weighted by Crippen LogP contribution is -2.22. The summed E-state index contributed by atoms with van der Waals surface area (Å²) in [5.74, 6) is 1.83. The smallest absolute Gasteiger partial charge is 0.193 e. The number of hydrogen-bond donors (Lipinski definition) is 2. The fraction of sp³-hybridized carbons (Fsp3) is 0.0909. The van der Waals surface area contributed by atoms with E-state index in [9.17, 15) is 0 Å². The van der Waals surface area contributed by atoms with E-state index in [-0.39, 0.29) is 0 Å². The number of ether oxygens (including phenoxy) is 1. The quantitative estimate of drug-likeness (QED) is 0.404. The zero-order valence-electron chi connectivity index (χ0n) is 15.5. The average Bonchev–Trinajstić information content (AvgIpc) is 3.12. The van der Waals surface area contributed by atoms with Gasteiger partial charge in [-0.2, -0.15) is 0 Å². The zero-order chi connectivity index (χ0) is 19.3. The normalized spacial score (nSPS) is 11.5. The Morgan fingerprint density at radius 2 is 1.82 bits per heavy atom. The highest BCUT2D eigenvalue weighted by molar-refractivity contribution is 5.92. The maximum atomic E-state index is 6.04. The van der Waals surface area contributed by atoms with Crippen LogP contribution >= 0.6 is 0 Å². The number of guanidine groups is 1. The number of hydrogen-bond acceptors (Lipinski definition) is 3. The first-order chi connectivity index (χ1) is 13.7. The lowest BCUT2D eigenvalue weighted by atomic mass is 10.3. The van der Waals surface area contributed by atoms with Crippen LogP contribution in [-0.2, 0) is 6.54 Å². The van der Waals surface area contributed by atoms with Crippen LogP contribution in [-0.4, -0.2) is 15.3 Å². The van der Waals surface area contributed by atoms with Gasteiger partial charge in [0, 0.05) is 23.6 Å². The van der Waals surface area contributed by atoms with Crippen molar-refractivity contribution in [1.82, 2.24) is 9.38 Å². The first-order valence-corrected chi connectivity index (χ1v) is 9.01. The van der Waals surface area contributed by atoms with E-state index >= 15 is 0 Å². The third kappa shape index (κ3) is 4.12. The van der Waals surface area contributed by atoms with Crippen molar-refractivity contribution in [3.05, 3.63) is 90.4 Å². The van der Waals surface area contributed by atoms with Gasteiger partial charge in [-0.25, -0.2) is 9.98 Å². The molecule has 0 atom stereocenters. The fourth-order valence-electron chi connectivity index (χ4n) is 2.89. The van der Waals surface area contributed by atoms with Crippen molar-refractivity contribution in [3.63, 3.8) is 0 Å². The highest BCUT2D eigenvalue weighted by Gasteiger charge is 2.04. The molecule has 2 aromatic carbocycles. The molecule has 0 aliphatic rings. The minimum absolute atomic E-state index is 0.325. The predicted molar refractivity (Wildman–Crippen MR) is 112 cm³/mol. The highest BCUT2D eigenvalue weighted by Crippen LogP contribution is 2.23. The number of aromatic nitrogens is 2. The van der Waals surface area contributed by atoms with Gasteiger partial charge >= 0.3 is 0 Å². The summed E-state index contributed by atoms with van der Waals surface area (Å²) in [4.78, 5) is 8.96. The summed E-state index contributed by atoms with van der Waals surface area (Å²) >= 11 is 0. The van der Waals surface area contributed by atoms with E-state index in [2.05, 4.69) is 15.3 Å². The number of aliphatic imine (C=N–C) groups is 1. The molecule has 0 radical (unpaired) electrons. The van der Waals surface area contributed by atoms with E-state index in [1.807, 2.05) is 90.3 Å². The molecule has 0 saturated carbocycles. The second-order valence-electron chi connectivity index (χ2n) is 6.40. The standard InChI is InChI=1S/C22H21N5O/c1-16-7-5-12-21-25-18(15-27(16)21)14-24-22(23)26-17-8-6-11-20(13-17)28-19-9-3-2-4-10-19/h2-13,15H,14H2,1H3,(H3,23,24,26). The second-order valence-corrected chi connectivity index (χ2v) is 6.40. The molecule has 2 aromatic heterocycles. The summed E-state index contributed by atoms with van der Waals surface area (Å²) in [6.07, 6.45) is 1.98. The molecular formula is C22H21N5O. The summed E-state index contributed by atoms with van der Waals surface area (Å²) in [5.41, 5.74) is 9.74. The van der Waals surface area contributed by atoms with Gasteiger partial charge in [0.25, 0.3) is 0 Å². The lowest BCUT2D eigenvalue weighted by Gasteiger charge is -2.09. The molecule has 6 nitrogen and oxygen atoms in total. The SMILES string of the molecule is Cc1cccc2nc(CN=C(N)Nc3cccc(Oc4ccccc4)c3)cn12. The molecule has 6 heteroatoms. The van der Waals surface area contributed by atoms with Crippen LogP contribution in [0.25, 0.3) is 5.65 Å². The summed E-state index contributed by atoms with van der Waals surface area (Å²) in [7, 11) is 0. The topological polar surface area (TPSA) is 76.9 Å². The van der Waals surface area contributed by atoms with Gasteiger partial charge in [0.05, 0.1) is 12.2 Å². The number of aryl methyl sites for hydroxylation is 1.